The molecule has 2 heteroatoms. The van der Waals surface area contributed by atoms with Crippen LogP contribution in [0.15, 0.2) is 35.5 Å². The second-order valence-electron chi connectivity index (χ2n) is 1.72. The SMILES string of the molecule is C=C(Cl)/C=C\C=C(/C)N. The summed E-state index contributed by atoms with van der Waals surface area (Å²) in [5.41, 5.74) is 6.07. The molecule has 0 radical (unpaired) electrons. The van der Waals surface area contributed by atoms with Crippen molar-refractivity contribution in [2.75, 3.05) is 0 Å². The van der Waals surface area contributed by atoms with Gasteiger partial charge in [-0.05, 0) is 19.1 Å². The van der Waals surface area contributed by atoms with E-state index >= 15 is 0 Å². The molecule has 0 saturated heterocycles. The molecule has 2 N–H and O–H groups in total. The fourth-order valence-electron chi connectivity index (χ4n) is 0.304. The van der Waals surface area contributed by atoms with Gasteiger partial charge in [0.15, 0.2) is 0 Å². The van der Waals surface area contributed by atoms with Crippen LogP contribution in [-0.4, -0.2) is 0 Å². The lowest BCUT2D eigenvalue weighted by atomic mass is 10.4. The maximum atomic E-state index is 5.41. The minimum atomic E-state index is 0.507. The van der Waals surface area contributed by atoms with E-state index in [2.05, 4.69) is 6.58 Å². The summed E-state index contributed by atoms with van der Waals surface area (Å²) in [4.78, 5) is 0. The molecule has 0 amide bonds. The molecule has 0 rings (SSSR count). The zero-order valence-electron chi connectivity index (χ0n) is 5.39. The molecule has 0 aromatic heterocycles. The van der Waals surface area contributed by atoms with E-state index < -0.39 is 0 Å². The highest BCUT2D eigenvalue weighted by molar-refractivity contribution is 6.30. The maximum absolute atomic E-state index is 5.41. The van der Waals surface area contributed by atoms with Crippen molar-refractivity contribution in [3.63, 3.8) is 0 Å². The molecule has 50 valence electrons. The van der Waals surface area contributed by atoms with Crippen LogP contribution in [0.5, 0.6) is 0 Å². The molecule has 0 aliphatic rings. The van der Waals surface area contributed by atoms with Crippen molar-refractivity contribution in [2.45, 2.75) is 6.92 Å². The van der Waals surface area contributed by atoms with Crippen molar-refractivity contribution in [3.8, 4) is 0 Å². The summed E-state index contributed by atoms with van der Waals surface area (Å²) < 4.78 is 0. The quantitative estimate of drug-likeness (QED) is 0.589. The van der Waals surface area contributed by atoms with E-state index in [-0.39, 0.29) is 0 Å². The van der Waals surface area contributed by atoms with Crippen molar-refractivity contribution in [1.29, 1.82) is 0 Å². The Balaban J connectivity index is 3.74. The number of halogens is 1. The fraction of sp³-hybridized carbons (Fsp3) is 0.143. The summed E-state index contributed by atoms with van der Waals surface area (Å²) in [6.07, 6.45) is 5.19. The smallest absolute Gasteiger partial charge is 0.0334 e. The van der Waals surface area contributed by atoms with Gasteiger partial charge < -0.3 is 5.73 Å². The second-order valence-corrected chi connectivity index (χ2v) is 2.20. The van der Waals surface area contributed by atoms with Gasteiger partial charge in [-0.1, -0.05) is 24.3 Å². The first kappa shape index (κ1) is 8.31. The van der Waals surface area contributed by atoms with E-state index in [0.29, 0.717) is 5.03 Å². The molecule has 0 unspecified atom stereocenters. The first-order chi connectivity index (χ1) is 4.13. The minimum absolute atomic E-state index is 0.507. The normalized spacial score (nSPS) is 12.4. The number of allylic oxidation sites excluding steroid dienone is 5. The first-order valence-electron chi connectivity index (χ1n) is 2.58. The maximum Gasteiger partial charge on any atom is 0.0334 e. The Morgan fingerprint density at radius 1 is 1.67 bits per heavy atom. The van der Waals surface area contributed by atoms with Gasteiger partial charge in [0.05, 0.1) is 0 Å². The third kappa shape index (κ3) is 7.31. The summed E-state index contributed by atoms with van der Waals surface area (Å²) >= 11 is 5.41. The number of rotatable bonds is 2. The summed E-state index contributed by atoms with van der Waals surface area (Å²) in [5.74, 6) is 0. The number of hydrogen-bond acceptors (Lipinski definition) is 1. The molecule has 9 heavy (non-hydrogen) atoms. The molecule has 0 saturated carbocycles. The van der Waals surface area contributed by atoms with Crippen LogP contribution in [0.3, 0.4) is 0 Å². The Morgan fingerprint density at radius 3 is 2.56 bits per heavy atom. The van der Waals surface area contributed by atoms with Crippen LogP contribution in [0.4, 0.5) is 0 Å². The monoisotopic (exact) mass is 143 g/mol. The lowest BCUT2D eigenvalue weighted by Gasteiger charge is -1.82. The van der Waals surface area contributed by atoms with E-state index in [1.807, 2.05) is 0 Å². The molecule has 1 nitrogen and oxygen atoms in total. The van der Waals surface area contributed by atoms with Crippen LogP contribution < -0.4 is 5.73 Å². The summed E-state index contributed by atoms with van der Waals surface area (Å²) in [6, 6.07) is 0. The van der Waals surface area contributed by atoms with Crippen molar-refractivity contribution >= 4 is 11.6 Å². The predicted octanol–water partition coefficient (Wildman–Crippen LogP) is 2.16. The molecule has 0 aliphatic heterocycles. The van der Waals surface area contributed by atoms with Crippen LogP contribution >= 0.6 is 11.6 Å². The minimum Gasteiger partial charge on any atom is -0.402 e. The Hall–Kier alpha value is -0.690. The molecular formula is C7H10ClN. The molecular weight excluding hydrogens is 134 g/mol. The van der Waals surface area contributed by atoms with Crippen molar-refractivity contribution in [1.82, 2.24) is 0 Å². The average molecular weight is 144 g/mol. The Labute approximate surface area is 60.5 Å². The highest BCUT2D eigenvalue weighted by Crippen LogP contribution is 1.97. The van der Waals surface area contributed by atoms with Crippen LogP contribution in [0.25, 0.3) is 0 Å². The standard InChI is InChI=1S/C7H10ClN/c1-6(8)4-3-5-7(2)9/h3-5H,1,9H2,2H3/b4-3-,7-5+. The highest BCUT2D eigenvalue weighted by Gasteiger charge is 1.73. The summed E-state index contributed by atoms with van der Waals surface area (Å²) in [5, 5.41) is 0.507. The van der Waals surface area contributed by atoms with Crippen molar-refractivity contribution in [2.24, 2.45) is 5.73 Å². The number of nitrogens with two attached hydrogens (primary N) is 1. The van der Waals surface area contributed by atoms with Gasteiger partial charge in [0.2, 0.25) is 0 Å². The van der Waals surface area contributed by atoms with Gasteiger partial charge in [-0.2, -0.15) is 0 Å². The van der Waals surface area contributed by atoms with E-state index in [0.717, 1.165) is 5.70 Å². The lowest BCUT2D eigenvalue weighted by molar-refractivity contribution is 1.32. The van der Waals surface area contributed by atoms with Gasteiger partial charge in [-0.15, -0.1) is 0 Å². The Morgan fingerprint density at radius 2 is 2.22 bits per heavy atom. The van der Waals surface area contributed by atoms with Crippen LogP contribution in [0.1, 0.15) is 6.92 Å². The second kappa shape index (κ2) is 4.21. The molecule has 0 aromatic carbocycles. The molecule has 0 fully saturated rings. The fourth-order valence-corrected chi connectivity index (χ4v) is 0.377. The topological polar surface area (TPSA) is 26.0 Å². The van der Waals surface area contributed by atoms with Crippen molar-refractivity contribution < 1.29 is 0 Å². The van der Waals surface area contributed by atoms with Gasteiger partial charge in [0, 0.05) is 10.7 Å². The van der Waals surface area contributed by atoms with Gasteiger partial charge in [0.1, 0.15) is 0 Å². The summed E-state index contributed by atoms with van der Waals surface area (Å²) in [6.45, 7) is 5.27. The van der Waals surface area contributed by atoms with Crippen LogP contribution in [-0.2, 0) is 0 Å². The third-order valence-electron chi connectivity index (χ3n) is 0.636. The molecule has 0 aromatic rings. The Bertz CT molecular complexity index is 152. The zero-order chi connectivity index (χ0) is 7.28. The van der Waals surface area contributed by atoms with Crippen LogP contribution in [0.2, 0.25) is 0 Å². The number of hydrogen-bond donors (Lipinski definition) is 1. The zero-order valence-corrected chi connectivity index (χ0v) is 6.15. The van der Waals surface area contributed by atoms with E-state index in [9.17, 15) is 0 Å². The summed E-state index contributed by atoms with van der Waals surface area (Å²) in [7, 11) is 0. The van der Waals surface area contributed by atoms with Crippen molar-refractivity contribution in [3.05, 3.63) is 35.5 Å². The average Bonchev–Trinajstić information content (AvgIpc) is 1.63. The van der Waals surface area contributed by atoms with E-state index in [4.69, 9.17) is 17.3 Å². The highest BCUT2D eigenvalue weighted by atomic mass is 35.5. The van der Waals surface area contributed by atoms with Gasteiger partial charge >= 0.3 is 0 Å². The van der Waals surface area contributed by atoms with E-state index in [1.165, 1.54) is 0 Å². The van der Waals surface area contributed by atoms with Gasteiger partial charge in [-0.3, -0.25) is 0 Å². The molecule has 0 aliphatic carbocycles. The van der Waals surface area contributed by atoms with Gasteiger partial charge in [0.25, 0.3) is 0 Å². The first-order valence-corrected chi connectivity index (χ1v) is 2.95. The Kier molecular flexibility index (Phi) is 3.89. The molecule has 0 spiro atoms. The van der Waals surface area contributed by atoms with Crippen LogP contribution in [0, 0.1) is 0 Å². The molecule has 0 heterocycles. The predicted molar refractivity (Wildman–Crippen MR) is 42.1 cm³/mol. The van der Waals surface area contributed by atoms with E-state index in [1.54, 1.807) is 25.2 Å². The lowest BCUT2D eigenvalue weighted by Crippen LogP contribution is -1.87. The van der Waals surface area contributed by atoms with Gasteiger partial charge in [-0.25, -0.2) is 0 Å². The largest absolute Gasteiger partial charge is 0.402 e. The molecule has 0 atom stereocenters. The molecule has 0 bridgehead atoms. The third-order valence-corrected chi connectivity index (χ3v) is 0.762.